The first-order chi connectivity index (χ1) is 8.33. The van der Waals surface area contributed by atoms with Crippen LogP contribution in [0.5, 0.6) is 0 Å². The molecular formula is C11H17N3O3. The third kappa shape index (κ3) is 2.83. The van der Waals surface area contributed by atoms with Crippen LogP contribution in [0.25, 0.3) is 0 Å². The highest BCUT2D eigenvalue weighted by molar-refractivity contribution is 5.78. The lowest BCUT2D eigenvalue weighted by atomic mass is 10.1. The van der Waals surface area contributed by atoms with Crippen LogP contribution >= 0.6 is 0 Å². The molecule has 6 heteroatoms. The highest BCUT2D eigenvalue weighted by Crippen LogP contribution is 2.22. The Bertz CT molecular complexity index is 353. The fourth-order valence-corrected chi connectivity index (χ4v) is 1.88. The predicted octanol–water partition coefficient (Wildman–Crippen LogP) is 0.346. The molecule has 1 atom stereocenters. The molecule has 1 N–H and O–H groups in total. The zero-order valence-electron chi connectivity index (χ0n) is 9.89. The Hall–Kier alpha value is -1.40. The Morgan fingerprint density at radius 3 is 3.35 bits per heavy atom. The molecule has 1 amide bonds. The van der Waals surface area contributed by atoms with Gasteiger partial charge in [-0.1, -0.05) is 0 Å². The van der Waals surface area contributed by atoms with Crippen LogP contribution in [0.4, 0.5) is 0 Å². The highest BCUT2D eigenvalue weighted by Gasteiger charge is 2.29. The lowest BCUT2D eigenvalue weighted by Crippen LogP contribution is -2.45. The minimum atomic E-state index is -0.0841. The number of aromatic nitrogens is 2. The summed E-state index contributed by atoms with van der Waals surface area (Å²) in [6.45, 7) is 4.21. The molecule has 0 spiro atoms. The van der Waals surface area contributed by atoms with E-state index >= 15 is 0 Å². The molecule has 1 aliphatic rings. The van der Waals surface area contributed by atoms with Gasteiger partial charge in [-0.15, -0.1) is 0 Å². The third-order valence-corrected chi connectivity index (χ3v) is 2.76. The van der Waals surface area contributed by atoms with Crippen molar-refractivity contribution in [2.45, 2.75) is 13.0 Å². The van der Waals surface area contributed by atoms with Crippen molar-refractivity contribution >= 4 is 5.91 Å². The fourth-order valence-electron chi connectivity index (χ4n) is 1.88. The summed E-state index contributed by atoms with van der Waals surface area (Å²) in [6, 6.07) is 1.78. The topological polar surface area (TPSA) is 67.4 Å². The van der Waals surface area contributed by atoms with Crippen molar-refractivity contribution in [2.75, 3.05) is 33.0 Å². The number of nitrogens with zero attached hydrogens (tertiary/aromatic N) is 2. The van der Waals surface area contributed by atoms with Crippen LogP contribution in [-0.2, 0) is 14.3 Å². The van der Waals surface area contributed by atoms with Crippen molar-refractivity contribution in [2.24, 2.45) is 0 Å². The van der Waals surface area contributed by atoms with Gasteiger partial charge >= 0.3 is 0 Å². The number of carbonyl (C=O) groups is 1. The van der Waals surface area contributed by atoms with Crippen LogP contribution in [0.1, 0.15) is 18.7 Å². The number of hydrogen-bond donors (Lipinski definition) is 1. The molecule has 0 radical (unpaired) electrons. The summed E-state index contributed by atoms with van der Waals surface area (Å²) in [5.41, 5.74) is 0.898. The Labute approximate surface area is 99.9 Å². The van der Waals surface area contributed by atoms with Crippen molar-refractivity contribution in [1.29, 1.82) is 0 Å². The molecule has 1 aromatic rings. The first-order valence-electron chi connectivity index (χ1n) is 5.77. The summed E-state index contributed by atoms with van der Waals surface area (Å²) >= 11 is 0. The van der Waals surface area contributed by atoms with Crippen molar-refractivity contribution < 1.29 is 14.3 Å². The van der Waals surface area contributed by atoms with Gasteiger partial charge in [0.05, 0.1) is 24.9 Å². The quantitative estimate of drug-likeness (QED) is 0.823. The number of aromatic amines is 1. The fraction of sp³-hybridized carbons (Fsp3) is 0.636. The molecular weight excluding hydrogens is 222 g/mol. The van der Waals surface area contributed by atoms with Gasteiger partial charge < -0.3 is 14.4 Å². The number of amides is 1. The number of hydrogen-bond acceptors (Lipinski definition) is 4. The van der Waals surface area contributed by atoms with Gasteiger partial charge in [0.15, 0.2) is 0 Å². The molecule has 6 nitrogen and oxygen atoms in total. The predicted molar refractivity (Wildman–Crippen MR) is 60.4 cm³/mol. The molecule has 2 rings (SSSR count). The Balaban J connectivity index is 2.04. The van der Waals surface area contributed by atoms with E-state index in [1.54, 1.807) is 11.1 Å². The Morgan fingerprint density at radius 1 is 1.76 bits per heavy atom. The molecule has 1 aromatic heterocycles. The summed E-state index contributed by atoms with van der Waals surface area (Å²) in [5.74, 6) is -0.00486. The number of H-pyrrole nitrogens is 1. The lowest BCUT2D eigenvalue weighted by Gasteiger charge is -2.34. The average molecular weight is 239 g/mol. The molecule has 0 saturated carbocycles. The van der Waals surface area contributed by atoms with Crippen molar-refractivity contribution in [3.63, 3.8) is 0 Å². The molecule has 0 bridgehead atoms. The van der Waals surface area contributed by atoms with E-state index in [1.165, 1.54) is 0 Å². The molecule has 0 aromatic carbocycles. The molecule has 1 unspecified atom stereocenters. The first-order valence-corrected chi connectivity index (χ1v) is 5.77. The largest absolute Gasteiger partial charge is 0.377 e. The third-order valence-electron chi connectivity index (χ3n) is 2.76. The molecule has 0 aliphatic carbocycles. The summed E-state index contributed by atoms with van der Waals surface area (Å²) in [5, 5.41) is 6.79. The summed E-state index contributed by atoms with van der Waals surface area (Å²) in [4.78, 5) is 13.8. The van der Waals surface area contributed by atoms with Crippen LogP contribution in [0.3, 0.4) is 0 Å². The molecule has 17 heavy (non-hydrogen) atoms. The minimum Gasteiger partial charge on any atom is -0.377 e. The van der Waals surface area contributed by atoms with Crippen LogP contribution in [0, 0.1) is 0 Å². The highest BCUT2D eigenvalue weighted by atomic mass is 16.5. The van der Waals surface area contributed by atoms with Crippen LogP contribution < -0.4 is 0 Å². The van der Waals surface area contributed by atoms with Crippen molar-refractivity contribution in [3.05, 3.63) is 18.0 Å². The van der Waals surface area contributed by atoms with Crippen LogP contribution in [0.15, 0.2) is 12.3 Å². The molecule has 2 heterocycles. The number of rotatable bonds is 4. The van der Waals surface area contributed by atoms with Gasteiger partial charge in [0, 0.05) is 19.3 Å². The Morgan fingerprint density at radius 2 is 2.65 bits per heavy atom. The number of ether oxygens (including phenoxy) is 2. The van der Waals surface area contributed by atoms with Gasteiger partial charge in [0.1, 0.15) is 6.61 Å². The number of carbonyl (C=O) groups excluding carboxylic acids is 1. The smallest absolute Gasteiger partial charge is 0.249 e. The first kappa shape index (κ1) is 12.1. The van der Waals surface area contributed by atoms with Gasteiger partial charge in [-0.05, 0) is 13.0 Å². The monoisotopic (exact) mass is 239 g/mol. The zero-order chi connectivity index (χ0) is 12.1. The van der Waals surface area contributed by atoms with E-state index in [0.29, 0.717) is 26.4 Å². The maximum Gasteiger partial charge on any atom is 0.249 e. The van der Waals surface area contributed by atoms with Crippen molar-refractivity contribution in [1.82, 2.24) is 15.1 Å². The van der Waals surface area contributed by atoms with E-state index < -0.39 is 0 Å². The lowest BCUT2D eigenvalue weighted by molar-refractivity contribution is -0.145. The van der Waals surface area contributed by atoms with E-state index in [0.717, 1.165) is 5.69 Å². The summed E-state index contributed by atoms with van der Waals surface area (Å²) in [7, 11) is 0. The van der Waals surface area contributed by atoms with E-state index in [9.17, 15) is 4.79 Å². The summed E-state index contributed by atoms with van der Waals surface area (Å²) in [6.07, 6.45) is 1.68. The molecule has 1 fully saturated rings. The normalized spacial score (nSPS) is 20.5. The second kappa shape index (κ2) is 5.79. The maximum absolute atomic E-state index is 12.0. The number of nitrogens with one attached hydrogen (secondary N) is 1. The van der Waals surface area contributed by atoms with E-state index in [4.69, 9.17) is 9.47 Å². The SMILES string of the molecule is CCOCC(=O)N1CCOCC1c1ccn[nH]1. The van der Waals surface area contributed by atoms with Gasteiger partial charge in [0.2, 0.25) is 5.91 Å². The maximum atomic E-state index is 12.0. The van der Waals surface area contributed by atoms with Crippen molar-refractivity contribution in [3.8, 4) is 0 Å². The second-order valence-corrected chi connectivity index (χ2v) is 3.83. The average Bonchev–Trinajstić information content (AvgIpc) is 2.89. The van der Waals surface area contributed by atoms with E-state index in [1.807, 2.05) is 13.0 Å². The molecule has 1 saturated heterocycles. The van der Waals surface area contributed by atoms with E-state index in [2.05, 4.69) is 10.2 Å². The van der Waals surface area contributed by atoms with Crippen LogP contribution in [-0.4, -0.2) is 54.0 Å². The Kier molecular flexibility index (Phi) is 4.11. The van der Waals surface area contributed by atoms with Crippen LogP contribution in [0.2, 0.25) is 0 Å². The van der Waals surface area contributed by atoms with Gasteiger partial charge in [0.25, 0.3) is 0 Å². The van der Waals surface area contributed by atoms with E-state index in [-0.39, 0.29) is 18.6 Å². The zero-order valence-corrected chi connectivity index (χ0v) is 9.89. The standard InChI is InChI=1S/C11H17N3O3/c1-2-16-8-11(15)14-5-6-17-7-10(14)9-3-4-12-13-9/h3-4,10H,2,5-8H2,1H3,(H,12,13). The second-order valence-electron chi connectivity index (χ2n) is 3.83. The van der Waals surface area contributed by atoms with Gasteiger partial charge in [-0.3, -0.25) is 9.89 Å². The van der Waals surface area contributed by atoms with Gasteiger partial charge in [-0.25, -0.2) is 0 Å². The van der Waals surface area contributed by atoms with Gasteiger partial charge in [-0.2, -0.15) is 5.10 Å². The molecule has 94 valence electrons. The minimum absolute atomic E-state index is 0.00486. The summed E-state index contributed by atoms with van der Waals surface area (Å²) < 4.78 is 10.6. The molecule has 1 aliphatic heterocycles. The number of morpholine rings is 1.